The van der Waals surface area contributed by atoms with Gasteiger partial charge in [-0.25, -0.2) is 9.97 Å². The second-order valence-electron chi connectivity index (χ2n) is 3.32. The Labute approximate surface area is 96.0 Å². The van der Waals surface area contributed by atoms with Crippen LogP contribution >= 0.6 is 11.3 Å². The third-order valence-corrected chi connectivity index (χ3v) is 3.20. The molecule has 3 rings (SSSR count). The fourth-order valence-electron chi connectivity index (χ4n) is 1.54. The second-order valence-corrected chi connectivity index (χ2v) is 4.18. The molecule has 0 bridgehead atoms. The number of thiazole rings is 1. The highest BCUT2D eigenvalue weighted by Gasteiger charge is 2.06. The largest absolute Gasteiger partial charge is 0.443 e. The van der Waals surface area contributed by atoms with Crippen LogP contribution in [0.2, 0.25) is 0 Å². The Hall–Kier alpha value is -1.88. The molecule has 2 heterocycles. The van der Waals surface area contributed by atoms with Gasteiger partial charge >= 0.3 is 0 Å². The predicted octanol–water partition coefficient (Wildman–Crippen LogP) is 2.99. The third kappa shape index (κ3) is 1.45. The SMILES string of the molecule is CNc1nc(-c2ccc3ncoc3c2)cs1. The number of aromatic nitrogens is 2. The van der Waals surface area contributed by atoms with Crippen LogP contribution in [0.1, 0.15) is 0 Å². The first-order chi connectivity index (χ1) is 7.86. The van der Waals surface area contributed by atoms with Gasteiger partial charge in [-0.3, -0.25) is 0 Å². The number of oxazole rings is 1. The first-order valence-electron chi connectivity index (χ1n) is 4.84. The fourth-order valence-corrected chi connectivity index (χ4v) is 2.22. The van der Waals surface area contributed by atoms with Gasteiger partial charge in [-0.1, -0.05) is 6.07 Å². The highest BCUT2D eigenvalue weighted by molar-refractivity contribution is 7.14. The average Bonchev–Trinajstić information content (AvgIpc) is 2.96. The number of hydrogen-bond acceptors (Lipinski definition) is 5. The molecule has 80 valence electrons. The van der Waals surface area contributed by atoms with Gasteiger partial charge in [0.05, 0.1) is 5.69 Å². The van der Waals surface area contributed by atoms with E-state index in [-0.39, 0.29) is 0 Å². The summed E-state index contributed by atoms with van der Waals surface area (Å²) in [5.74, 6) is 0. The Bertz CT molecular complexity index is 629. The zero-order valence-electron chi connectivity index (χ0n) is 8.60. The monoisotopic (exact) mass is 231 g/mol. The molecule has 0 aliphatic rings. The van der Waals surface area contributed by atoms with Gasteiger partial charge in [-0.05, 0) is 12.1 Å². The van der Waals surface area contributed by atoms with Crippen LogP contribution < -0.4 is 5.32 Å². The molecule has 3 aromatic rings. The maximum absolute atomic E-state index is 5.26. The van der Waals surface area contributed by atoms with Crippen molar-refractivity contribution >= 4 is 27.6 Å². The summed E-state index contributed by atoms with van der Waals surface area (Å²) in [5, 5.41) is 5.95. The topological polar surface area (TPSA) is 51.0 Å². The summed E-state index contributed by atoms with van der Waals surface area (Å²) >= 11 is 1.58. The van der Waals surface area contributed by atoms with Crippen molar-refractivity contribution in [3.05, 3.63) is 30.0 Å². The molecule has 4 nitrogen and oxygen atoms in total. The molecule has 0 fully saturated rings. The second kappa shape index (κ2) is 3.61. The van der Waals surface area contributed by atoms with E-state index in [9.17, 15) is 0 Å². The molecular formula is C11H9N3OS. The van der Waals surface area contributed by atoms with E-state index in [0.29, 0.717) is 0 Å². The summed E-state index contributed by atoms with van der Waals surface area (Å²) in [5.41, 5.74) is 3.65. The van der Waals surface area contributed by atoms with Crippen molar-refractivity contribution in [2.24, 2.45) is 0 Å². The predicted molar refractivity (Wildman–Crippen MR) is 64.7 cm³/mol. The number of rotatable bonds is 2. The summed E-state index contributed by atoms with van der Waals surface area (Å²) in [6, 6.07) is 5.89. The lowest BCUT2D eigenvalue weighted by molar-refractivity contribution is 0.602. The zero-order valence-corrected chi connectivity index (χ0v) is 9.41. The van der Waals surface area contributed by atoms with E-state index >= 15 is 0 Å². The van der Waals surface area contributed by atoms with Crippen LogP contribution in [-0.4, -0.2) is 17.0 Å². The van der Waals surface area contributed by atoms with Crippen LogP contribution in [0.3, 0.4) is 0 Å². The van der Waals surface area contributed by atoms with Crippen LogP contribution in [0, 0.1) is 0 Å². The molecule has 0 unspecified atom stereocenters. The van der Waals surface area contributed by atoms with Gasteiger partial charge in [0.15, 0.2) is 17.1 Å². The maximum Gasteiger partial charge on any atom is 0.182 e. The molecule has 0 amide bonds. The molecule has 0 atom stereocenters. The summed E-state index contributed by atoms with van der Waals surface area (Å²) < 4.78 is 5.26. The molecule has 0 saturated carbocycles. The minimum Gasteiger partial charge on any atom is -0.443 e. The molecule has 0 aliphatic carbocycles. The Morgan fingerprint density at radius 2 is 2.31 bits per heavy atom. The van der Waals surface area contributed by atoms with Crippen LogP contribution in [0.15, 0.2) is 34.4 Å². The van der Waals surface area contributed by atoms with Crippen molar-refractivity contribution < 1.29 is 4.42 Å². The van der Waals surface area contributed by atoms with E-state index in [1.165, 1.54) is 6.39 Å². The van der Waals surface area contributed by atoms with E-state index < -0.39 is 0 Å². The Kier molecular flexibility index (Phi) is 2.11. The quantitative estimate of drug-likeness (QED) is 0.736. The van der Waals surface area contributed by atoms with Gasteiger partial charge in [0.1, 0.15) is 5.52 Å². The molecule has 0 aliphatic heterocycles. The van der Waals surface area contributed by atoms with E-state index in [4.69, 9.17) is 4.42 Å². The van der Waals surface area contributed by atoms with E-state index in [0.717, 1.165) is 27.5 Å². The molecule has 1 aromatic carbocycles. The molecule has 2 aromatic heterocycles. The first-order valence-corrected chi connectivity index (χ1v) is 5.72. The smallest absolute Gasteiger partial charge is 0.182 e. The molecule has 0 saturated heterocycles. The van der Waals surface area contributed by atoms with E-state index in [1.807, 2.05) is 30.6 Å². The number of nitrogens with one attached hydrogen (secondary N) is 1. The Morgan fingerprint density at radius 1 is 1.38 bits per heavy atom. The number of anilines is 1. The molecule has 16 heavy (non-hydrogen) atoms. The van der Waals surface area contributed by atoms with Crippen LogP contribution in [0.25, 0.3) is 22.4 Å². The standard InChI is InChI=1S/C11H9N3OS/c1-12-11-14-9(5-16-11)7-2-3-8-10(4-7)15-6-13-8/h2-6H,1H3,(H,12,14). The molecular weight excluding hydrogens is 222 g/mol. The highest BCUT2D eigenvalue weighted by Crippen LogP contribution is 2.26. The summed E-state index contributed by atoms with van der Waals surface area (Å²) in [4.78, 5) is 8.51. The van der Waals surface area contributed by atoms with E-state index in [1.54, 1.807) is 11.3 Å². The van der Waals surface area contributed by atoms with Crippen LogP contribution in [0.4, 0.5) is 5.13 Å². The van der Waals surface area contributed by atoms with Gasteiger partial charge in [-0.15, -0.1) is 11.3 Å². The average molecular weight is 231 g/mol. The summed E-state index contributed by atoms with van der Waals surface area (Å²) in [7, 11) is 1.86. The van der Waals surface area contributed by atoms with Gasteiger partial charge in [0, 0.05) is 18.0 Å². The van der Waals surface area contributed by atoms with Gasteiger partial charge < -0.3 is 9.73 Å². The lowest BCUT2D eigenvalue weighted by atomic mass is 10.1. The number of benzene rings is 1. The first kappa shape index (κ1) is 9.35. The normalized spacial score (nSPS) is 10.8. The van der Waals surface area contributed by atoms with Crippen molar-refractivity contribution in [1.82, 2.24) is 9.97 Å². The lowest BCUT2D eigenvalue weighted by Gasteiger charge is -1.95. The Morgan fingerprint density at radius 3 is 3.12 bits per heavy atom. The van der Waals surface area contributed by atoms with Crippen molar-refractivity contribution in [1.29, 1.82) is 0 Å². The number of nitrogens with zero attached hydrogens (tertiary/aromatic N) is 2. The van der Waals surface area contributed by atoms with Crippen molar-refractivity contribution in [2.45, 2.75) is 0 Å². The van der Waals surface area contributed by atoms with Crippen molar-refractivity contribution in [3.63, 3.8) is 0 Å². The van der Waals surface area contributed by atoms with Gasteiger partial charge in [-0.2, -0.15) is 0 Å². The van der Waals surface area contributed by atoms with Gasteiger partial charge in [0.2, 0.25) is 0 Å². The van der Waals surface area contributed by atoms with Crippen molar-refractivity contribution in [3.8, 4) is 11.3 Å². The molecule has 0 spiro atoms. The maximum atomic E-state index is 5.26. The third-order valence-electron chi connectivity index (χ3n) is 2.35. The number of hydrogen-bond donors (Lipinski definition) is 1. The van der Waals surface area contributed by atoms with Crippen LogP contribution in [0.5, 0.6) is 0 Å². The molecule has 5 heteroatoms. The van der Waals surface area contributed by atoms with Crippen LogP contribution in [-0.2, 0) is 0 Å². The zero-order chi connectivity index (χ0) is 11.0. The summed E-state index contributed by atoms with van der Waals surface area (Å²) in [6.45, 7) is 0. The molecule has 0 radical (unpaired) electrons. The minimum absolute atomic E-state index is 0.788. The summed E-state index contributed by atoms with van der Waals surface area (Å²) in [6.07, 6.45) is 1.45. The lowest BCUT2D eigenvalue weighted by Crippen LogP contribution is -1.85. The molecule has 1 N–H and O–H groups in total. The van der Waals surface area contributed by atoms with Crippen molar-refractivity contribution in [2.75, 3.05) is 12.4 Å². The Balaban J connectivity index is 2.10. The number of fused-ring (bicyclic) bond motifs is 1. The fraction of sp³-hybridized carbons (Fsp3) is 0.0909. The minimum atomic E-state index is 0.788. The van der Waals surface area contributed by atoms with E-state index in [2.05, 4.69) is 15.3 Å². The van der Waals surface area contributed by atoms with Gasteiger partial charge in [0.25, 0.3) is 0 Å². The highest BCUT2D eigenvalue weighted by atomic mass is 32.1.